The topological polar surface area (TPSA) is 33.1 Å². The zero-order valence-electron chi connectivity index (χ0n) is 6.81. The molecule has 2 nitrogen and oxygen atoms in total. The molecule has 0 spiro atoms. The van der Waals surface area contributed by atoms with E-state index in [9.17, 15) is 5.11 Å². The third kappa shape index (κ3) is 2.09. The van der Waals surface area contributed by atoms with Gasteiger partial charge in [0.2, 0.25) is 0 Å². The lowest BCUT2D eigenvalue weighted by Crippen LogP contribution is -2.17. The fourth-order valence-corrected chi connectivity index (χ4v) is 1.48. The fraction of sp³-hybridized carbons (Fsp3) is 0.375. The molecule has 0 radical (unpaired) electrons. The van der Waals surface area contributed by atoms with Gasteiger partial charge in [0.15, 0.2) is 0 Å². The molecule has 0 aromatic carbocycles. The first-order chi connectivity index (χ1) is 5.41. The van der Waals surface area contributed by atoms with Crippen molar-refractivity contribution in [3.8, 4) is 0 Å². The van der Waals surface area contributed by atoms with Crippen LogP contribution in [0.3, 0.4) is 0 Å². The van der Waals surface area contributed by atoms with Gasteiger partial charge in [0.25, 0.3) is 0 Å². The Bertz CT molecular complexity index is 294. The van der Waals surface area contributed by atoms with Crippen LogP contribution in [0.1, 0.15) is 19.5 Å². The van der Waals surface area contributed by atoms with E-state index >= 15 is 0 Å². The Morgan fingerprint density at radius 2 is 2.00 bits per heavy atom. The number of aromatic nitrogens is 1. The summed E-state index contributed by atoms with van der Waals surface area (Å²) in [5.74, 6) is 0. The van der Waals surface area contributed by atoms with Crippen LogP contribution in [0.4, 0.5) is 0 Å². The Kier molecular flexibility index (Phi) is 2.61. The third-order valence-corrected chi connectivity index (χ3v) is 1.88. The zero-order valence-corrected chi connectivity index (χ0v) is 8.32. The highest BCUT2D eigenvalue weighted by atomic mass is 35.5. The molecule has 1 N–H and O–H groups in total. The van der Waals surface area contributed by atoms with Crippen molar-refractivity contribution in [3.63, 3.8) is 0 Å². The van der Waals surface area contributed by atoms with Gasteiger partial charge in [0.05, 0.1) is 15.7 Å². The van der Waals surface area contributed by atoms with Gasteiger partial charge in [-0.15, -0.1) is 0 Å². The number of hydrogen-bond acceptors (Lipinski definition) is 2. The summed E-state index contributed by atoms with van der Waals surface area (Å²) in [6.45, 7) is 3.24. The molecular formula is C8H9Cl2NO. The molecule has 0 atom stereocenters. The summed E-state index contributed by atoms with van der Waals surface area (Å²) in [6, 6.07) is 1.56. The third-order valence-electron chi connectivity index (χ3n) is 1.39. The van der Waals surface area contributed by atoms with Gasteiger partial charge in [-0.3, -0.25) is 4.98 Å². The van der Waals surface area contributed by atoms with E-state index in [0.717, 1.165) is 0 Å². The van der Waals surface area contributed by atoms with E-state index in [1.165, 1.54) is 6.20 Å². The molecule has 1 rings (SSSR count). The van der Waals surface area contributed by atoms with Crippen LogP contribution in [-0.2, 0) is 5.60 Å². The number of halogens is 2. The molecule has 0 bridgehead atoms. The number of pyridine rings is 1. The van der Waals surface area contributed by atoms with E-state index in [1.54, 1.807) is 19.9 Å². The Hall–Kier alpha value is -0.310. The maximum Gasteiger partial charge on any atom is 0.102 e. The summed E-state index contributed by atoms with van der Waals surface area (Å²) >= 11 is 11.4. The second-order valence-electron chi connectivity index (χ2n) is 3.04. The molecular weight excluding hydrogens is 197 g/mol. The second-order valence-corrected chi connectivity index (χ2v) is 3.89. The van der Waals surface area contributed by atoms with E-state index in [4.69, 9.17) is 23.2 Å². The first-order valence-corrected chi connectivity index (χ1v) is 4.21. The number of nitrogens with zero attached hydrogens (tertiary/aromatic N) is 1. The standard InChI is InChI=1S/C8H9Cl2NO/c1-8(2,12)7-6(10)3-5(9)4-11-7/h3-4,12H,1-2H3. The van der Waals surface area contributed by atoms with Gasteiger partial charge >= 0.3 is 0 Å². The summed E-state index contributed by atoms with van der Waals surface area (Å²) in [5.41, 5.74) is -0.588. The van der Waals surface area contributed by atoms with Crippen molar-refractivity contribution in [2.45, 2.75) is 19.4 Å². The van der Waals surface area contributed by atoms with Crippen molar-refractivity contribution in [3.05, 3.63) is 28.0 Å². The SMILES string of the molecule is CC(C)(O)c1ncc(Cl)cc1Cl. The minimum atomic E-state index is -1.03. The van der Waals surface area contributed by atoms with Crippen LogP contribution in [0.15, 0.2) is 12.3 Å². The minimum absolute atomic E-state index is 0.384. The average Bonchev–Trinajstić information content (AvgIpc) is 1.83. The molecule has 0 aliphatic heterocycles. The normalized spacial score (nSPS) is 11.8. The molecule has 4 heteroatoms. The van der Waals surface area contributed by atoms with Gasteiger partial charge in [-0.05, 0) is 19.9 Å². The van der Waals surface area contributed by atoms with Crippen molar-refractivity contribution in [2.24, 2.45) is 0 Å². The van der Waals surface area contributed by atoms with Crippen LogP contribution in [0.5, 0.6) is 0 Å². The molecule has 1 heterocycles. The van der Waals surface area contributed by atoms with Crippen molar-refractivity contribution in [2.75, 3.05) is 0 Å². The molecule has 0 unspecified atom stereocenters. The van der Waals surface area contributed by atoms with Crippen molar-refractivity contribution in [1.29, 1.82) is 0 Å². The Balaban J connectivity index is 3.19. The summed E-state index contributed by atoms with van der Waals surface area (Å²) in [4.78, 5) is 3.94. The lowest BCUT2D eigenvalue weighted by Gasteiger charge is -2.17. The molecule has 0 saturated carbocycles. The maximum atomic E-state index is 9.57. The molecule has 0 saturated heterocycles. The molecule has 66 valence electrons. The van der Waals surface area contributed by atoms with E-state index < -0.39 is 5.60 Å². The highest BCUT2D eigenvalue weighted by Crippen LogP contribution is 2.27. The van der Waals surface area contributed by atoms with Crippen LogP contribution >= 0.6 is 23.2 Å². The predicted molar refractivity (Wildman–Crippen MR) is 49.5 cm³/mol. The average molecular weight is 206 g/mol. The lowest BCUT2D eigenvalue weighted by atomic mass is 10.1. The van der Waals surface area contributed by atoms with E-state index in [1.807, 2.05) is 0 Å². The van der Waals surface area contributed by atoms with Crippen LogP contribution in [0.2, 0.25) is 10.0 Å². The molecule has 0 fully saturated rings. The summed E-state index contributed by atoms with van der Waals surface area (Å²) in [5, 5.41) is 10.4. The lowest BCUT2D eigenvalue weighted by molar-refractivity contribution is 0.0740. The van der Waals surface area contributed by atoms with E-state index in [0.29, 0.717) is 15.7 Å². The monoisotopic (exact) mass is 205 g/mol. The van der Waals surface area contributed by atoms with Gasteiger partial charge in [-0.2, -0.15) is 0 Å². The first-order valence-electron chi connectivity index (χ1n) is 3.45. The molecule has 0 aliphatic carbocycles. The van der Waals surface area contributed by atoms with Crippen molar-refractivity contribution < 1.29 is 5.11 Å². The molecule has 12 heavy (non-hydrogen) atoms. The van der Waals surface area contributed by atoms with Crippen LogP contribution in [-0.4, -0.2) is 10.1 Å². The maximum absolute atomic E-state index is 9.57. The number of rotatable bonds is 1. The van der Waals surface area contributed by atoms with Gasteiger partial charge < -0.3 is 5.11 Å². The van der Waals surface area contributed by atoms with Crippen molar-refractivity contribution >= 4 is 23.2 Å². The van der Waals surface area contributed by atoms with Gasteiger partial charge in [0, 0.05) is 6.20 Å². The summed E-state index contributed by atoms with van der Waals surface area (Å²) in [7, 11) is 0. The highest BCUT2D eigenvalue weighted by Gasteiger charge is 2.20. The number of aliphatic hydroxyl groups is 1. The van der Waals surface area contributed by atoms with E-state index in [2.05, 4.69) is 4.98 Å². The first kappa shape index (κ1) is 9.78. The van der Waals surface area contributed by atoms with Crippen LogP contribution < -0.4 is 0 Å². The zero-order chi connectivity index (χ0) is 9.35. The van der Waals surface area contributed by atoms with Crippen LogP contribution in [0, 0.1) is 0 Å². The Labute approximate surface area is 81.1 Å². The highest BCUT2D eigenvalue weighted by molar-refractivity contribution is 6.34. The number of hydrogen-bond donors (Lipinski definition) is 1. The Morgan fingerprint density at radius 1 is 1.42 bits per heavy atom. The molecule has 1 aromatic rings. The predicted octanol–water partition coefficient (Wildman–Crippen LogP) is 2.62. The Morgan fingerprint density at radius 3 is 2.42 bits per heavy atom. The summed E-state index contributed by atoms with van der Waals surface area (Å²) < 4.78 is 0. The summed E-state index contributed by atoms with van der Waals surface area (Å²) in [6.07, 6.45) is 1.46. The van der Waals surface area contributed by atoms with Gasteiger partial charge in [0.1, 0.15) is 5.60 Å². The second kappa shape index (κ2) is 3.21. The quantitative estimate of drug-likeness (QED) is 0.765. The largest absolute Gasteiger partial charge is 0.384 e. The van der Waals surface area contributed by atoms with Crippen LogP contribution in [0.25, 0.3) is 0 Å². The smallest absolute Gasteiger partial charge is 0.102 e. The fourth-order valence-electron chi connectivity index (χ4n) is 0.865. The minimum Gasteiger partial charge on any atom is -0.384 e. The van der Waals surface area contributed by atoms with Gasteiger partial charge in [-0.1, -0.05) is 23.2 Å². The molecule has 1 aromatic heterocycles. The molecule has 0 amide bonds. The molecule has 0 aliphatic rings. The van der Waals surface area contributed by atoms with Gasteiger partial charge in [-0.25, -0.2) is 0 Å². The van der Waals surface area contributed by atoms with Crippen molar-refractivity contribution in [1.82, 2.24) is 4.98 Å². The van der Waals surface area contributed by atoms with E-state index in [-0.39, 0.29) is 0 Å².